The fraction of sp³-hybridized carbons (Fsp3) is 0.235. The molecule has 0 saturated heterocycles. The summed E-state index contributed by atoms with van der Waals surface area (Å²) in [5.74, 6) is 0.716. The number of fused-ring (bicyclic) bond motifs is 1. The van der Waals surface area contributed by atoms with Gasteiger partial charge in [-0.3, -0.25) is 4.79 Å². The molecule has 0 bridgehead atoms. The maximum absolute atomic E-state index is 12.7. The molecule has 1 amide bonds. The molecular formula is C17H18N2O2. The van der Waals surface area contributed by atoms with E-state index >= 15 is 0 Å². The van der Waals surface area contributed by atoms with Crippen molar-refractivity contribution in [3.8, 4) is 5.75 Å². The highest BCUT2D eigenvalue weighted by atomic mass is 16.5. The van der Waals surface area contributed by atoms with E-state index < -0.39 is 0 Å². The standard InChI is InChI=1S/C17H18N2O2/c1-12-11-19(17(20)14-5-3-2-4-6-14)15-8-7-13(10-18)9-16(15)21-12/h2-9,12H,10-11,18H2,1H3. The molecule has 1 aliphatic heterocycles. The van der Waals surface area contributed by atoms with Gasteiger partial charge in [-0.1, -0.05) is 24.3 Å². The molecule has 0 aliphatic carbocycles. The lowest BCUT2D eigenvalue weighted by atomic mass is 10.1. The Balaban J connectivity index is 1.99. The zero-order valence-corrected chi connectivity index (χ0v) is 12.0. The number of benzene rings is 2. The summed E-state index contributed by atoms with van der Waals surface area (Å²) in [6.07, 6.45) is -0.0433. The van der Waals surface area contributed by atoms with Crippen molar-refractivity contribution in [2.24, 2.45) is 5.73 Å². The first-order valence-corrected chi connectivity index (χ1v) is 7.05. The molecule has 1 aliphatic rings. The molecule has 2 N–H and O–H groups in total. The van der Waals surface area contributed by atoms with Crippen LogP contribution in [0.3, 0.4) is 0 Å². The minimum Gasteiger partial charge on any atom is -0.487 e. The molecule has 0 radical (unpaired) electrons. The van der Waals surface area contributed by atoms with Crippen molar-refractivity contribution in [1.29, 1.82) is 0 Å². The molecule has 3 rings (SSSR count). The van der Waals surface area contributed by atoms with Crippen molar-refractivity contribution in [3.05, 3.63) is 59.7 Å². The highest BCUT2D eigenvalue weighted by Gasteiger charge is 2.28. The molecular weight excluding hydrogens is 264 g/mol. The second kappa shape index (κ2) is 5.58. The van der Waals surface area contributed by atoms with Crippen LogP contribution in [0, 0.1) is 0 Å². The van der Waals surface area contributed by atoms with Crippen LogP contribution >= 0.6 is 0 Å². The van der Waals surface area contributed by atoms with E-state index in [-0.39, 0.29) is 12.0 Å². The van der Waals surface area contributed by atoms with E-state index in [9.17, 15) is 4.79 Å². The summed E-state index contributed by atoms with van der Waals surface area (Å²) in [6.45, 7) is 2.96. The molecule has 4 nitrogen and oxygen atoms in total. The van der Waals surface area contributed by atoms with Crippen LogP contribution in [0.4, 0.5) is 5.69 Å². The molecule has 2 aromatic rings. The molecule has 21 heavy (non-hydrogen) atoms. The number of amides is 1. The van der Waals surface area contributed by atoms with Gasteiger partial charge in [0.15, 0.2) is 0 Å². The number of carbonyl (C=O) groups excluding carboxylic acids is 1. The van der Waals surface area contributed by atoms with Crippen LogP contribution in [0.25, 0.3) is 0 Å². The third kappa shape index (κ3) is 2.62. The Morgan fingerprint density at radius 1 is 1.29 bits per heavy atom. The van der Waals surface area contributed by atoms with Gasteiger partial charge < -0.3 is 15.4 Å². The number of rotatable bonds is 2. The molecule has 0 fully saturated rings. The number of nitrogens with two attached hydrogens (primary N) is 1. The molecule has 0 aromatic heterocycles. The molecule has 1 atom stereocenters. The molecule has 0 spiro atoms. The van der Waals surface area contributed by atoms with E-state index in [1.165, 1.54) is 0 Å². The fourth-order valence-corrected chi connectivity index (χ4v) is 2.54. The van der Waals surface area contributed by atoms with Crippen molar-refractivity contribution in [1.82, 2.24) is 0 Å². The lowest BCUT2D eigenvalue weighted by Crippen LogP contribution is -2.42. The Bertz CT molecular complexity index is 655. The van der Waals surface area contributed by atoms with Gasteiger partial charge in [0.25, 0.3) is 5.91 Å². The average Bonchev–Trinajstić information content (AvgIpc) is 2.53. The summed E-state index contributed by atoms with van der Waals surface area (Å²) in [6, 6.07) is 15.1. The van der Waals surface area contributed by atoms with E-state index in [0.29, 0.717) is 18.7 Å². The Kier molecular flexibility index (Phi) is 3.62. The second-order valence-electron chi connectivity index (χ2n) is 5.22. The van der Waals surface area contributed by atoms with Gasteiger partial charge in [-0.25, -0.2) is 0 Å². The summed E-state index contributed by atoms with van der Waals surface area (Å²) in [4.78, 5) is 14.5. The Labute approximate surface area is 124 Å². The molecule has 2 aromatic carbocycles. The lowest BCUT2D eigenvalue weighted by Gasteiger charge is -2.33. The number of ether oxygens (including phenoxy) is 1. The number of nitrogens with zero attached hydrogens (tertiary/aromatic N) is 1. The maximum Gasteiger partial charge on any atom is 0.258 e. The van der Waals surface area contributed by atoms with Crippen LogP contribution in [-0.4, -0.2) is 18.6 Å². The van der Waals surface area contributed by atoms with Gasteiger partial charge in [0, 0.05) is 12.1 Å². The van der Waals surface area contributed by atoms with E-state index in [0.717, 1.165) is 17.0 Å². The summed E-state index contributed by atoms with van der Waals surface area (Å²) < 4.78 is 5.84. The van der Waals surface area contributed by atoms with Crippen molar-refractivity contribution >= 4 is 11.6 Å². The van der Waals surface area contributed by atoms with Crippen LogP contribution in [0.5, 0.6) is 5.75 Å². The highest BCUT2D eigenvalue weighted by Crippen LogP contribution is 2.35. The number of carbonyl (C=O) groups is 1. The predicted octanol–water partition coefficient (Wildman–Crippen LogP) is 2.57. The van der Waals surface area contributed by atoms with E-state index in [1.807, 2.05) is 55.5 Å². The van der Waals surface area contributed by atoms with Crippen molar-refractivity contribution in [2.75, 3.05) is 11.4 Å². The minimum atomic E-state index is -0.0433. The molecule has 4 heteroatoms. The number of anilines is 1. The van der Waals surface area contributed by atoms with Gasteiger partial charge in [0.05, 0.1) is 12.2 Å². The summed E-state index contributed by atoms with van der Waals surface area (Å²) in [5.41, 5.74) is 8.15. The van der Waals surface area contributed by atoms with Crippen molar-refractivity contribution < 1.29 is 9.53 Å². The van der Waals surface area contributed by atoms with Gasteiger partial charge in [-0.15, -0.1) is 0 Å². The first-order valence-electron chi connectivity index (χ1n) is 7.05. The fourth-order valence-electron chi connectivity index (χ4n) is 2.54. The average molecular weight is 282 g/mol. The summed E-state index contributed by atoms with van der Waals surface area (Å²) >= 11 is 0. The van der Waals surface area contributed by atoms with Gasteiger partial charge in [0.1, 0.15) is 11.9 Å². The molecule has 1 unspecified atom stereocenters. The third-order valence-corrected chi connectivity index (χ3v) is 3.58. The van der Waals surface area contributed by atoms with Gasteiger partial charge >= 0.3 is 0 Å². The van der Waals surface area contributed by atoms with Crippen LogP contribution in [-0.2, 0) is 6.54 Å². The van der Waals surface area contributed by atoms with Gasteiger partial charge in [0.2, 0.25) is 0 Å². The highest BCUT2D eigenvalue weighted by molar-refractivity contribution is 6.07. The number of hydrogen-bond donors (Lipinski definition) is 1. The molecule has 108 valence electrons. The van der Waals surface area contributed by atoms with E-state index in [4.69, 9.17) is 10.5 Å². The largest absolute Gasteiger partial charge is 0.487 e. The van der Waals surface area contributed by atoms with Crippen molar-refractivity contribution in [2.45, 2.75) is 19.6 Å². The molecule has 1 heterocycles. The van der Waals surface area contributed by atoms with Crippen molar-refractivity contribution in [3.63, 3.8) is 0 Å². The topological polar surface area (TPSA) is 55.6 Å². The Morgan fingerprint density at radius 2 is 2.05 bits per heavy atom. The zero-order valence-electron chi connectivity index (χ0n) is 12.0. The van der Waals surface area contributed by atoms with Gasteiger partial charge in [-0.05, 0) is 36.8 Å². The predicted molar refractivity (Wildman–Crippen MR) is 82.5 cm³/mol. The third-order valence-electron chi connectivity index (χ3n) is 3.58. The zero-order chi connectivity index (χ0) is 14.8. The second-order valence-corrected chi connectivity index (χ2v) is 5.22. The quantitative estimate of drug-likeness (QED) is 0.921. The van der Waals surface area contributed by atoms with Crippen LogP contribution in [0.1, 0.15) is 22.8 Å². The number of hydrogen-bond acceptors (Lipinski definition) is 3. The van der Waals surface area contributed by atoms with E-state index in [2.05, 4.69) is 0 Å². The Hall–Kier alpha value is -2.33. The Morgan fingerprint density at radius 3 is 2.76 bits per heavy atom. The smallest absolute Gasteiger partial charge is 0.258 e. The first-order chi connectivity index (χ1) is 10.2. The normalized spacial score (nSPS) is 17.0. The maximum atomic E-state index is 12.7. The van der Waals surface area contributed by atoms with Gasteiger partial charge in [-0.2, -0.15) is 0 Å². The summed E-state index contributed by atoms with van der Waals surface area (Å²) in [7, 11) is 0. The van der Waals surface area contributed by atoms with Crippen LogP contribution < -0.4 is 15.4 Å². The molecule has 0 saturated carbocycles. The lowest BCUT2D eigenvalue weighted by molar-refractivity contribution is 0.0961. The van der Waals surface area contributed by atoms with E-state index in [1.54, 1.807) is 4.90 Å². The van der Waals surface area contributed by atoms with Crippen LogP contribution in [0.15, 0.2) is 48.5 Å². The summed E-state index contributed by atoms with van der Waals surface area (Å²) in [5, 5.41) is 0. The first kappa shape index (κ1) is 13.6. The monoisotopic (exact) mass is 282 g/mol. The van der Waals surface area contributed by atoms with Crippen LogP contribution in [0.2, 0.25) is 0 Å². The minimum absolute atomic E-state index is 0.00695. The SMILES string of the molecule is CC1CN(C(=O)c2ccccc2)c2ccc(CN)cc2O1.